The first-order valence-electron chi connectivity index (χ1n) is 10.7. The topological polar surface area (TPSA) is 96.8 Å². The van der Waals surface area contributed by atoms with Gasteiger partial charge in [0.05, 0.1) is 27.9 Å². The van der Waals surface area contributed by atoms with Crippen molar-refractivity contribution in [2.24, 2.45) is 14.1 Å². The smallest absolute Gasteiger partial charge is 0.215 e. The number of nitrogens with zero attached hydrogens (tertiary/aromatic N) is 6. The van der Waals surface area contributed by atoms with E-state index in [0.29, 0.717) is 29.5 Å². The highest BCUT2D eigenvalue weighted by Crippen LogP contribution is 2.33. The minimum absolute atomic E-state index is 0.197. The lowest BCUT2D eigenvalue weighted by molar-refractivity contribution is 0.275. The predicted octanol–water partition coefficient (Wildman–Crippen LogP) is 3.24. The number of sulfone groups is 1. The van der Waals surface area contributed by atoms with Crippen LogP contribution >= 0.6 is 11.6 Å². The summed E-state index contributed by atoms with van der Waals surface area (Å²) < 4.78 is 36.2. The van der Waals surface area contributed by atoms with Crippen molar-refractivity contribution >= 4 is 21.4 Å². The van der Waals surface area contributed by atoms with Crippen LogP contribution in [-0.2, 0) is 43.5 Å². The maximum Gasteiger partial charge on any atom is 0.215 e. The second kappa shape index (κ2) is 9.27. The van der Waals surface area contributed by atoms with Gasteiger partial charge in [-0.15, -0.1) is 0 Å². The van der Waals surface area contributed by atoms with Crippen LogP contribution in [0, 0.1) is 13.8 Å². The van der Waals surface area contributed by atoms with E-state index in [-0.39, 0.29) is 11.4 Å². The van der Waals surface area contributed by atoms with Gasteiger partial charge in [0.25, 0.3) is 0 Å². The van der Waals surface area contributed by atoms with Crippen molar-refractivity contribution in [1.82, 2.24) is 29.3 Å². The molecule has 0 radical (unpaired) electrons. The first-order chi connectivity index (χ1) is 16.0. The molecule has 3 heterocycles. The Morgan fingerprint density at radius 2 is 1.82 bits per heavy atom. The van der Waals surface area contributed by atoms with Gasteiger partial charge in [0.2, 0.25) is 5.88 Å². The van der Waals surface area contributed by atoms with Gasteiger partial charge in [-0.05, 0) is 31.5 Å². The monoisotopic (exact) mass is 502 g/mol. The summed E-state index contributed by atoms with van der Waals surface area (Å²) in [5, 5.41) is 13.5. The molecule has 4 rings (SSSR count). The van der Waals surface area contributed by atoms with Crippen LogP contribution in [-0.4, -0.2) is 44.0 Å². The minimum atomic E-state index is -3.48. The third-order valence-corrected chi connectivity index (χ3v) is 7.35. The predicted molar refractivity (Wildman–Crippen MR) is 129 cm³/mol. The number of hydrogen-bond acceptors (Lipinski definition) is 6. The molecule has 9 nitrogen and oxygen atoms in total. The molecule has 0 bridgehead atoms. The summed E-state index contributed by atoms with van der Waals surface area (Å²) in [6, 6.07) is 5.15. The average molecular weight is 503 g/mol. The molecule has 0 aliphatic rings. The van der Waals surface area contributed by atoms with Crippen LogP contribution in [0.15, 0.2) is 41.7 Å². The number of benzene rings is 1. The molecule has 0 aliphatic carbocycles. The van der Waals surface area contributed by atoms with E-state index in [9.17, 15) is 8.42 Å². The van der Waals surface area contributed by atoms with Gasteiger partial charge in [0.1, 0.15) is 6.61 Å². The molecule has 3 aromatic heterocycles. The van der Waals surface area contributed by atoms with Crippen molar-refractivity contribution in [3.63, 3.8) is 0 Å². The van der Waals surface area contributed by atoms with Gasteiger partial charge in [-0.25, -0.2) is 13.1 Å². The molecule has 180 valence electrons. The van der Waals surface area contributed by atoms with Crippen LogP contribution in [0.2, 0.25) is 5.02 Å². The summed E-state index contributed by atoms with van der Waals surface area (Å²) >= 11 is 6.81. The Morgan fingerprint density at radius 1 is 1.06 bits per heavy atom. The highest BCUT2D eigenvalue weighted by atomic mass is 35.5. The normalized spacial score (nSPS) is 11.8. The molecule has 4 aromatic rings. The highest BCUT2D eigenvalue weighted by molar-refractivity contribution is 7.90. The van der Waals surface area contributed by atoms with E-state index in [1.165, 1.54) is 6.26 Å². The molecule has 0 fully saturated rings. The number of ether oxygens (including phenoxy) is 1. The van der Waals surface area contributed by atoms with Gasteiger partial charge >= 0.3 is 0 Å². The zero-order valence-electron chi connectivity index (χ0n) is 19.8. The molecule has 0 N–H and O–H groups in total. The van der Waals surface area contributed by atoms with E-state index < -0.39 is 9.84 Å². The molecule has 0 atom stereocenters. The Bertz CT molecular complexity index is 1440. The quantitative estimate of drug-likeness (QED) is 0.367. The highest BCUT2D eigenvalue weighted by Gasteiger charge is 2.22. The van der Waals surface area contributed by atoms with E-state index in [0.717, 1.165) is 28.1 Å². The fourth-order valence-corrected chi connectivity index (χ4v) is 5.31. The molecular formula is C23H27ClN6O3S. The van der Waals surface area contributed by atoms with E-state index >= 15 is 0 Å². The SMILES string of the molecule is Cc1nn(C)cc1COc1c(Cc2ccc(S(C)(=O)=O)c(Cn3cccn3)c2Cl)c(C)nn1C. The van der Waals surface area contributed by atoms with Crippen LogP contribution in [0.5, 0.6) is 5.88 Å². The Hall–Kier alpha value is -3.11. The van der Waals surface area contributed by atoms with E-state index in [1.807, 2.05) is 34.1 Å². The molecule has 0 spiro atoms. The summed E-state index contributed by atoms with van der Waals surface area (Å²) in [7, 11) is 0.230. The molecule has 34 heavy (non-hydrogen) atoms. The van der Waals surface area contributed by atoms with Crippen molar-refractivity contribution in [1.29, 1.82) is 0 Å². The van der Waals surface area contributed by atoms with Crippen LogP contribution in [0.3, 0.4) is 0 Å². The maximum atomic E-state index is 12.4. The number of rotatable bonds is 8. The van der Waals surface area contributed by atoms with Crippen LogP contribution in [0.25, 0.3) is 0 Å². The Balaban J connectivity index is 1.69. The number of aryl methyl sites for hydroxylation is 4. The molecule has 0 aliphatic heterocycles. The Morgan fingerprint density at radius 3 is 2.44 bits per heavy atom. The standard InChI is InChI=1S/C23H27ClN6O3S/c1-15-18(12-28(3)26-15)14-33-23-19(16(2)27-29(23)4)11-17-7-8-21(34(5,31)32)20(22(17)24)13-30-10-6-9-25-30/h6-10,12H,11,13-14H2,1-5H3. The van der Waals surface area contributed by atoms with Gasteiger partial charge in [0, 0.05) is 62.1 Å². The third kappa shape index (κ3) is 4.88. The summed E-state index contributed by atoms with van der Waals surface area (Å²) in [5.41, 5.74) is 4.91. The molecular weight excluding hydrogens is 476 g/mol. The summed E-state index contributed by atoms with van der Waals surface area (Å²) in [6.45, 7) is 4.47. The molecule has 1 aromatic carbocycles. The van der Waals surface area contributed by atoms with Crippen LogP contribution in [0.4, 0.5) is 0 Å². The zero-order valence-corrected chi connectivity index (χ0v) is 21.4. The lowest BCUT2D eigenvalue weighted by atomic mass is 10.0. The van der Waals surface area contributed by atoms with Crippen LogP contribution < -0.4 is 4.74 Å². The zero-order chi connectivity index (χ0) is 24.6. The number of aromatic nitrogens is 6. The van der Waals surface area contributed by atoms with Gasteiger partial charge in [-0.1, -0.05) is 17.7 Å². The minimum Gasteiger partial charge on any atom is -0.473 e. The van der Waals surface area contributed by atoms with E-state index in [1.54, 1.807) is 44.6 Å². The first kappa shape index (κ1) is 24.0. The molecule has 0 saturated heterocycles. The van der Waals surface area contributed by atoms with Crippen molar-refractivity contribution < 1.29 is 13.2 Å². The van der Waals surface area contributed by atoms with Gasteiger partial charge in [-0.2, -0.15) is 15.3 Å². The first-order valence-corrected chi connectivity index (χ1v) is 12.9. The summed E-state index contributed by atoms with van der Waals surface area (Å²) in [5.74, 6) is 0.637. The number of halogens is 1. The van der Waals surface area contributed by atoms with Crippen molar-refractivity contribution in [3.8, 4) is 5.88 Å². The third-order valence-electron chi connectivity index (χ3n) is 5.69. The van der Waals surface area contributed by atoms with Crippen LogP contribution in [0.1, 0.15) is 33.6 Å². The van der Waals surface area contributed by atoms with Gasteiger partial charge in [-0.3, -0.25) is 9.36 Å². The van der Waals surface area contributed by atoms with Crippen molar-refractivity contribution in [2.75, 3.05) is 6.26 Å². The maximum absolute atomic E-state index is 12.4. The Kier molecular flexibility index (Phi) is 6.55. The van der Waals surface area contributed by atoms with E-state index in [4.69, 9.17) is 16.3 Å². The largest absolute Gasteiger partial charge is 0.473 e. The van der Waals surface area contributed by atoms with E-state index in [2.05, 4.69) is 15.3 Å². The molecule has 11 heteroatoms. The fraction of sp³-hybridized carbons (Fsp3) is 0.348. The summed E-state index contributed by atoms with van der Waals surface area (Å²) in [4.78, 5) is 0.197. The van der Waals surface area contributed by atoms with Crippen molar-refractivity contribution in [2.45, 2.75) is 38.3 Å². The molecule has 0 saturated carbocycles. The fourth-order valence-electron chi connectivity index (χ4n) is 4.03. The summed E-state index contributed by atoms with van der Waals surface area (Å²) in [6.07, 6.45) is 6.97. The van der Waals surface area contributed by atoms with Gasteiger partial charge < -0.3 is 4.74 Å². The van der Waals surface area contributed by atoms with Crippen molar-refractivity contribution in [3.05, 3.63) is 75.5 Å². The lowest BCUT2D eigenvalue weighted by Crippen LogP contribution is -2.10. The number of hydrogen-bond donors (Lipinski definition) is 0. The molecule has 0 amide bonds. The second-order valence-corrected chi connectivity index (χ2v) is 10.7. The van der Waals surface area contributed by atoms with Gasteiger partial charge in [0.15, 0.2) is 9.84 Å². The average Bonchev–Trinajstić information content (AvgIpc) is 3.43. The molecule has 0 unspecified atom stereocenters. The second-order valence-electron chi connectivity index (χ2n) is 8.36. The lowest BCUT2D eigenvalue weighted by Gasteiger charge is -2.15. The Labute approximate surface area is 203 Å².